The van der Waals surface area contributed by atoms with Crippen molar-refractivity contribution < 1.29 is 23.7 Å². The number of hydrogen-bond acceptors (Lipinski definition) is 5. The summed E-state index contributed by atoms with van der Waals surface area (Å²) in [6, 6.07) is 6.35. The highest BCUT2D eigenvalue weighted by molar-refractivity contribution is 9.10. The van der Waals surface area contributed by atoms with Crippen LogP contribution in [-0.4, -0.2) is 12.8 Å². The van der Waals surface area contributed by atoms with Gasteiger partial charge in [0, 0.05) is 22.2 Å². The van der Waals surface area contributed by atoms with Crippen molar-refractivity contribution in [1.82, 2.24) is 0 Å². The van der Waals surface area contributed by atoms with Gasteiger partial charge < -0.3 is 19.4 Å². The summed E-state index contributed by atoms with van der Waals surface area (Å²) in [4.78, 5) is 11.9. The molecule has 0 spiro atoms. The molecule has 3 rings (SSSR count). The molecule has 0 unspecified atom stereocenters. The predicted molar refractivity (Wildman–Crippen MR) is 74.8 cm³/mol. The summed E-state index contributed by atoms with van der Waals surface area (Å²) in [6.45, 7) is 0.270. The van der Waals surface area contributed by atoms with Crippen LogP contribution in [0.15, 0.2) is 41.1 Å². The fourth-order valence-corrected chi connectivity index (χ4v) is 2.28. The molecule has 0 saturated carbocycles. The lowest BCUT2D eigenvalue weighted by Crippen LogP contribution is -2.24. The Balaban J connectivity index is 1.70. The third-order valence-electron chi connectivity index (χ3n) is 2.94. The van der Waals surface area contributed by atoms with E-state index < -0.39 is 5.97 Å². The van der Waals surface area contributed by atoms with Gasteiger partial charge in [-0.1, -0.05) is 15.9 Å². The van der Waals surface area contributed by atoms with Crippen molar-refractivity contribution in [2.75, 3.05) is 6.79 Å². The van der Waals surface area contributed by atoms with E-state index in [4.69, 9.17) is 14.2 Å². The standard InChI is InChI=1S/C14H10BrNO5/c15-11-6-13-12(20-8-21-13)5-10(11)7-19-14(17)9-1-3-16(18)4-2-9/h1-6H,7-8H2. The normalized spacial score (nSPS) is 12.2. The van der Waals surface area contributed by atoms with Crippen LogP contribution >= 0.6 is 15.9 Å². The summed E-state index contributed by atoms with van der Waals surface area (Å²) in [7, 11) is 0. The minimum absolute atomic E-state index is 0.0856. The van der Waals surface area contributed by atoms with Crippen LogP contribution in [0, 0.1) is 5.21 Å². The Morgan fingerprint density at radius 3 is 2.67 bits per heavy atom. The Kier molecular flexibility index (Phi) is 3.66. The molecule has 2 heterocycles. The summed E-state index contributed by atoms with van der Waals surface area (Å²) in [6.07, 6.45) is 2.49. The van der Waals surface area contributed by atoms with Crippen molar-refractivity contribution in [2.24, 2.45) is 0 Å². The molecule has 0 saturated heterocycles. The SMILES string of the molecule is O=C(OCc1cc2c(cc1Br)OCO2)c1cc[n+]([O-])cc1. The van der Waals surface area contributed by atoms with Crippen LogP contribution in [0.25, 0.3) is 0 Å². The Morgan fingerprint density at radius 2 is 1.95 bits per heavy atom. The highest BCUT2D eigenvalue weighted by Gasteiger charge is 2.17. The van der Waals surface area contributed by atoms with Gasteiger partial charge in [-0.2, -0.15) is 4.73 Å². The number of fused-ring (bicyclic) bond motifs is 1. The number of ether oxygens (including phenoxy) is 3. The third kappa shape index (κ3) is 2.92. The van der Waals surface area contributed by atoms with Gasteiger partial charge in [0.1, 0.15) is 6.61 Å². The average molecular weight is 352 g/mol. The van der Waals surface area contributed by atoms with Crippen molar-refractivity contribution in [3.63, 3.8) is 0 Å². The molecule has 1 aliphatic rings. The Morgan fingerprint density at radius 1 is 1.29 bits per heavy atom. The molecule has 2 aromatic rings. The van der Waals surface area contributed by atoms with Crippen LogP contribution in [0.4, 0.5) is 0 Å². The molecule has 0 radical (unpaired) electrons. The molecule has 0 atom stereocenters. The van der Waals surface area contributed by atoms with E-state index in [2.05, 4.69) is 15.9 Å². The van der Waals surface area contributed by atoms with Gasteiger partial charge in [-0.15, -0.1) is 0 Å². The van der Waals surface area contributed by atoms with E-state index in [1.807, 2.05) is 0 Å². The van der Waals surface area contributed by atoms with Crippen LogP contribution < -0.4 is 14.2 Å². The van der Waals surface area contributed by atoms with E-state index in [9.17, 15) is 10.0 Å². The zero-order valence-corrected chi connectivity index (χ0v) is 12.3. The largest absolute Gasteiger partial charge is 0.619 e. The van der Waals surface area contributed by atoms with Gasteiger partial charge in [-0.05, 0) is 12.1 Å². The predicted octanol–water partition coefficient (Wildman–Crippen LogP) is 2.17. The molecule has 0 amide bonds. The van der Waals surface area contributed by atoms with E-state index in [0.29, 0.717) is 21.8 Å². The van der Waals surface area contributed by atoms with Gasteiger partial charge in [-0.25, -0.2) is 4.79 Å². The second-order valence-electron chi connectivity index (χ2n) is 4.32. The molecule has 0 fully saturated rings. The summed E-state index contributed by atoms with van der Waals surface area (Å²) >= 11 is 3.39. The molecular formula is C14H10BrNO5. The molecule has 7 heteroatoms. The zero-order chi connectivity index (χ0) is 14.8. The van der Waals surface area contributed by atoms with Gasteiger partial charge in [0.2, 0.25) is 6.79 Å². The fraction of sp³-hybridized carbons (Fsp3) is 0.143. The van der Waals surface area contributed by atoms with Crippen molar-refractivity contribution in [3.05, 3.63) is 57.5 Å². The molecule has 0 bridgehead atoms. The topological polar surface area (TPSA) is 71.7 Å². The summed E-state index contributed by atoms with van der Waals surface area (Å²) < 4.78 is 17.1. The van der Waals surface area contributed by atoms with E-state index in [1.165, 1.54) is 24.5 Å². The maximum atomic E-state index is 11.9. The molecule has 108 valence electrons. The Bertz CT molecular complexity index is 687. The maximum Gasteiger partial charge on any atom is 0.338 e. The lowest BCUT2D eigenvalue weighted by atomic mass is 10.2. The number of benzene rings is 1. The molecule has 1 aromatic heterocycles. The number of pyridine rings is 1. The Hall–Kier alpha value is -2.28. The van der Waals surface area contributed by atoms with Gasteiger partial charge in [0.15, 0.2) is 23.9 Å². The van der Waals surface area contributed by atoms with Crippen LogP contribution in [0.3, 0.4) is 0 Å². The van der Waals surface area contributed by atoms with Gasteiger partial charge in [0.25, 0.3) is 0 Å². The zero-order valence-electron chi connectivity index (χ0n) is 10.7. The first-order valence-electron chi connectivity index (χ1n) is 6.07. The van der Waals surface area contributed by atoms with Crippen molar-refractivity contribution in [3.8, 4) is 11.5 Å². The molecule has 1 aliphatic heterocycles. The number of hydrogen-bond donors (Lipinski definition) is 0. The summed E-state index contributed by atoms with van der Waals surface area (Å²) in [5.41, 5.74) is 1.08. The van der Waals surface area contributed by atoms with Gasteiger partial charge in [-0.3, -0.25) is 0 Å². The highest BCUT2D eigenvalue weighted by Crippen LogP contribution is 2.37. The fourth-order valence-electron chi connectivity index (χ4n) is 1.85. The van der Waals surface area contributed by atoms with Crippen LogP contribution in [0.1, 0.15) is 15.9 Å². The number of carbonyl (C=O) groups is 1. The molecule has 1 aromatic carbocycles. The minimum atomic E-state index is -0.500. The van der Waals surface area contributed by atoms with Crippen LogP contribution in [-0.2, 0) is 11.3 Å². The molecule has 0 aliphatic carbocycles. The second kappa shape index (κ2) is 5.61. The van der Waals surface area contributed by atoms with Crippen molar-refractivity contribution in [2.45, 2.75) is 6.61 Å². The number of esters is 1. The number of carbonyl (C=O) groups excluding carboxylic acids is 1. The molecule has 0 N–H and O–H groups in total. The lowest BCUT2D eigenvalue weighted by Gasteiger charge is -2.08. The van der Waals surface area contributed by atoms with Gasteiger partial charge in [0.05, 0.1) is 5.56 Å². The van der Waals surface area contributed by atoms with E-state index in [-0.39, 0.29) is 13.4 Å². The first kappa shape index (κ1) is 13.7. The monoisotopic (exact) mass is 351 g/mol. The number of aromatic nitrogens is 1. The highest BCUT2D eigenvalue weighted by atomic mass is 79.9. The first-order valence-corrected chi connectivity index (χ1v) is 6.87. The number of nitrogens with zero attached hydrogens (tertiary/aromatic N) is 1. The summed E-state index contributed by atoms with van der Waals surface area (Å²) in [5.74, 6) is 0.775. The molecule has 21 heavy (non-hydrogen) atoms. The second-order valence-corrected chi connectivity index (χ2v) is 5.17. The van der Waals surface area contributed by atoms with E-state index in [0.717, 1.165) is 10.0 Å². The van der Waals surface area contributed by atoms with Gasteiger partial charge >= 0.3 is 5.97 Å². The van der Waals surface area contributed by atoms with Crippen LogP contribution in [0.5, 0.6) is 11.5 Å². The Labute approximate surface area is 128 Å². The van der Waals surface area contributed by atoms with Crippen molar-refractivity contribution >= 4 is 21.9 Å². The first-order chi connectivity index (χ1) is 10.1. The average Bonchev–Trinajstić information content (AvgIpc) is 2.92. The van der Waals surface area contributed by atoms with E-state index >= 15 is 0 Å². The summed E-state index contributed by atoms with van der Waals surface area (Å²) in [5, 5.41) is 10.9. The maximum absolute atomic E-state index is 11.9. The smallest absolute Gasteiger partial charge is 0.338 e. The van der Waals surface area contributed by atoms with Crippen LogP contribution in [0.2, 0.25) is 0 Å². The minimum Gasteiger partial charge on any atom is -0.619 e. The molecular weight excluding hydrogens is 342 g/mol. The molecule has 6 nitrogen and oxygen atoms in total. The van der Waals surface area contributed by atoms with E-state index in [1.54, 1.807) is 12.1 Å². The number of halogens is 1. The quantitative estimate of drug-likeness (QED) is 0.481. The third-order valence-corrected chi connectivity index (χ3v) is 3.68. The van der Waals surface area contributed by atoms with Crippen molar-refractivity contribution in [1.29, 1.82) is 0 Å². The number of rotatable bonds is 3. The lowest BCUT2D eigenvalue weighted by molar-refractivity contribution is -0.605.